The van der Waals surface area contributed by atoms with Crippen LogP contribution >= 0.6 is 11.6 Å². The van der Waals surface area contributed by atoms with E-state index >= 15 is 0 Å². The van der Waals surface area contributed by atoms with Crippen molar-refractivity contribution in [2.75, 3.05) is 11.9 Å². The van der Waals surface area contributed by atoms with Gasteiger partial charge in [0.2, 0.25) is 0 Å². The van der Waals surface area contributed by atoms with E-state index in [4.69, 9.17) is 16.3 Å². The van der Waals surface area contributed by atoms with Crippen LogP contribution in [0.5, 0.6) is 0 Å². The Morgan fingerprint density at radius 1 is 1.27 bits per heavy atom. The molecule has 0 radical (unpaired) electrons. The highest BCUT2D eigenvalue weighted by Crippen LogP contribution is 2.62. The second-order valence-corrected chi connectivity index (χ2v) is 8.87. The van der Waals surface area contributed by atoms with Crippen molar-refractivity contribution in [3.05, 3.63) is 23.4 Å². The highest BCUT2D eigenvalue weighted by atomic mass is 35.5. The van der Waals surface area contributed by atoms with Crippen LogP contribution in [0.2, 0.25) is 5.02 Å². The Balaban J connectivity index is 1.29. The van der Waals surface area contributed by atoms with Crippen LogP contribution in [-0.4, -0.2) is 34.2 Å². The van der Waals surface area contributed by atoms with Gasteiger partial charge in [0.1, 0.15) is 5.82 Å². The first kappa shape index (κ1) is 17.7. The Labute approximate surface area is 157 Å². The van der Waals surface area contributed by atoms with Crippen molar-refractivity contribution in [3.63, 3.8) is 0 Å². The summed E-state index contributed by atoms with van der Waals surface area (Å²) in [5, 5.41) is 13.8. The van der Waals surface area contributed by atoms with E-state index in [-0.39, 0.29) is 24.4 Å². The summed E-state index contributed by atoms with van der Waals surface area (Å²) in [6.45, 7) is -0.337. The number of rotatable bonds is 5. The zero-order valence-corrected chi connectivity index (χ0v) is 15.3. The molecule has 4 fully saturated rings. The van der Waals surface area contributed by atoms with Gasteiger partial charge in [-0.25, -0.2) is 4.98 Å². The molecule has 4 aliphatic carbocycles. The van der Waals surface area contributed by atoms with Crippen molar-refractivity contribution in [3.8, 4) is 0 Å². The van der Waals surface area contributed by atoms with Crippen molar-refractivity contribution in [2.45, 2.75) is 50.5 Å². The number of hydrogen-bond acceptors (Lipinski definition) is 5. The maximum absolute atomic E-state index is 12.3. The lowest BCUT2D eigenvalue weighted by Crippen LogP contribution is -2.56. The zero-order valence-electron chi connectivity index (χ0n) is 14.5. The second kappa shape index (κ2) is 6.50. The summed E-state index contributed by atoms with van der Waals surface area (Å²) in [7, 11) is 0. The van der Waals surface area contributed by atoms with E-state index in [2.05, 4.69) is 10.3 Å². The van der Waals surface area contributed by atoms with Gasteiger partial charge in [-0.3, -0.25) is 9.59 Å². The van der Waals surface area contributed by atoms with Crippen LogP contribution in [-0.2, 0) is 14.3 Å². The molecule has 0 spiro atoms. The molecule has 5 rings (SSSR count). The second-order valence-electron chi connectivity index (χ2n) is 8.43. The lowest BCUT2D eigenvalue weighted by Gasteiger charge is -2.60. The van der Waals surface area contributed by atoms with Gasteiger partial charge in [-0.2, -0.15) is 0 Å². The number of nitrogens with zero attached hydrogens (tertiary/aromatic N) is 1. The number of ether oxygens (including phenoxy) is 1. The predicted octanol–water partition coefficient (Wildman–Crippen LogP) is 2.94. The van der Waals surface area contributed by atoms with Crippen molar-refractivity contribution >= 4 is 29.3 Å². The Morgan fingerprint density at radius 3 is 2.62 bits per heavy atom. The van der Waals surface area contributed by atoms with E-state index in [1.165, 1.54) is 12.6 Å². The Kier molecular flexibility index (Phi) is 4.43. The fourth-order valence-corrected chi connectivity index (χ4v) is 5.85. The summed E-state index contributed by atoms with van der Waals surface area (Å²) in [6.07, 6.45) is 7.30. The number of anilines is 1. The highest BCUT2D eigenvalue weighted by Gasteiger charge is 2.57. The minimum absolute atomic E-state index is 0.149. The molecule has 2 atom stereocenters. The van der Waals surface area contributed by atoms with Gasteiger partial charge in [-0.1, -0.05) is 11.6 Å². The number of carbonyl (C=O) groups is 2. The first-order chi connectivity index (χ1) is 12.3. The van der Waals surface area contributed by atoms with Crippen LogP contribution in [0.15, 0.2) is 18.3 Å². The van der Waals surface area contributed by atoms with Gasteiger partial charge in [-0.15, -0.1) is 0 Å². The number of pyridine rings is 1. The molecule has 1 aromatic rings. The van der Waals surface area contributed by atoms with Crippen LogP contribution in [0.1, 0.15) is 44.9 Å². The minimum Gasteiger partial charge on any atom is -0.456 e. The molecule has 4 aliphatic rings. The molecule has 140 valence electrons. The van der Waals surface area contributed by atoms with Crippen LogP contribution in [0, 0.1) is 17.3 Å². The molecule has 2 N–H and O–H groups in total. The number of halogens is 1. The molecule has 0 aromatic carbocycles. The number of hydrogen-bond donors (Lipinski definition) is 2. The van der Waals surface area contributed by atoms with Gasteiger partial charge in [0.05, 0.1) is 17.0 Å². The largest absolute Gasteiger partial charge is 0.456 e. The van der Waals surface area contributed by atoms with E-state index in [0.717, 1.165) is 25.7 Å². The minimum atomic E-state index is -0.595. The van der Waals surface area contributed by atoms with E-state index in [1.807, 2.05) is 0 Å². The first-order valence-corrected chi connectivity index (χ1v) is 9.50. The molecule has 7 heteroatoms. The van der Waals surface area contributed by atoms with Gasteiger partial charge in [0, 0.05) is 6.20 Å². The average molecular weight is 379 g/mol. The third-order valence-electron chi connectivity index (χ3n) is 6.03. The highest BCUT2D eigenvalue weighted by molar-refractivity contribution is 6.30. The number of aliphatic hydroxyl groups is 1. The summed E-state index contributed by atoms with van der Waals surface area (Å²) in [5.74, 6) is 0.604. The van der Waals surface area contributed by atoms with Crippen molar-refractivity contribution < 1.29 is 19.4 Å². The number of amides is 1. The van der Waals surface area contributed by atoms with Crippen LogP contribution in [0.25, 0.3) is 0 Å². The molecule has 4 bridgehead atoms. The fourth-order valence-electron chi connectivity index (χ4n) is 5.74. The first-order valence-electron chi connectivity index (χ1n) is 9.13. The lowest BCUT2D eigenvalue weighted by molar-refractivity contribution is -0.177. The summed E-state index contributed by atoms with van der Waals surface area (Å²) in [4.78, 5) is 28.2. The van der Waals surface area contributed by atoms with E-state index in [0.29, 0.717) is 29.1 Å². The van der Waals surface area contributed by atoms with Crippen LogP contribution < -0.4 is 5.32 Å². The van der Waals surface area contributed by atoms with Crippen molar-refractivity contribution in [1.82, 2.24) is 4.98 Å². The van der Waals surface area contributed by atoms with Crippen LogP contribution in [0.3, 0.4) is 0 Å². The van der Waals surface area contributed by atoms with E-state index in [9.17, 15) is 14.7 Å². The fraction of sp³-hybridized carbons (Fsp3) is 0.632. The molecule has 1 aromatic heterocycles. The molecular formula is C19H23ClN2O4. The Hall–Kier alpha value is -1.66. The number of esters is 1. The third kappa shape index (κ3) is 3.71. The lowest BCUT2D eigenvalue weighted by atomic mass is 9.47. The maximum atomic E-state index is 12.3. The predicted molar refractivity (Wildman–Crippen MR) is 95.5 cm³/mol. The van der Waals surface area contributed by atoms with Gasteiger partial charge in [0.15, 0.2) is 6.61 Å². The topological polar surface area (TPSA) is 88.5 Å². The number of nitrogens with one attached hydrogen (secondary N) is 1. The molecule has 4 saturated carbocycles. The van der Waals surface area contributed by atoms with Gasteiger partial charge in [0.25, 0.3) is 5.91 Å². The summed E-state index contributed by atoms with van der Waals surface area (Å²) >= 11 is 5.75. The quantitative estimate of drug-likeness (QED) is 0.769. The normalized spacial score (nSPS) is 34.5. The Bertz CT molecular complexity index is 707. The molecule has 6 nitrogen and oxygen atoms in total. The Morgan fingerprint density at radius 2 is 2.00 bits per heavy atom. The molecule has 1 amide bonds. The van der Waals surface area contributed by atoms with Crippen LogP contribution in [0.4, 0.5) is 5.82 Å². The summed E-state index contributed by atoms with van der Waals surface area (Å²) in [5.41, 5.74) is -0.744. The zero-order chi connectivity index (χ0) is 18.4. The molecule has 0 unspecified atom stereocenters. The monoisotopic (exact) mass is 378 g/mol. The van der Waals surface area contributed by atoms with E-state index < -0.39 is 11.5 Å². The maximum Gasteiger partial charge on any atom is 0.306 e. The molecule has 0 saturated heterocycles. The molecular weight excluding hydrogens is 356 g/mol. The molecule has 26 heavy (non-hydrogen) atoms. The van der Waals surface area contributed by atoms with Crippen molar-refractivity contribution in [1.29, 1.82) is 0 Å². The molecule has 1 heterocycles. The SMILES string of the molecule is O=C(COC(=O)CC12C[C@H]3C[C@@H](CC(O)(C3)C1)C2)Nc1ccc(Cl)cn1. The number of carbonyl (C=O) groups excluding carboxylic acids is 2. The summed E-state index contributed by atoms with van der Waals surface area (Å²) in [6, 6.07) is 3.20. The van der Waals surface area contributed by atoms with Crippen molar-refractivity contribution in [2.24, 2.45) is 17.3 Å². The third-order valence-corrected chi connectivity index (χ3v) is 6.25. The number of aromatic nitrogens is 1. The van der Waals surface area contributed by atoms with E-state index in [1.54, 1.807) is 12.1 Å². The smallest absolute Gasteiger partial charge is 0.306 e. The van der Waals surface area contributed by atoms with Gasteiger partial charge < -0.3 is 15.2 Å². The van der Waals surface area contributed by atoms with Gasteiger partial charge >= 0.3 is 5.97 Å². The average Bonchev–Trinajstić information content (AvgIpc) is 2.52. The standard InChI is InChI=1S/C19H23ClN2O4/c20-14-1-2-15(21-9-14)22-16(23)10-26-17(24)8-18-4-12-3-13(5-18)7-19(25,6-12)11-18/h1-2,9,12-13,25H,3-8,10-11H2,(H,21,22,23)/t12-,13-,18?,19?/m1/s1. The molecule has 0 aliphatic heterocycles. The van der Waals surface area contributed by atoms with Gasteiger partial charge in [-0.05, 0) is 67.9 Å². The summed E-state index contributed by atoms with van der Waals surface area (Å²) < 4.78 is 5.19.